The van der Waals surface area contributed by atoms with Crippen LogP contribution in [0.3, 0.4) is 0 Å². The zero-order valence-corrected chi connectivity index (χ0v) is 22.2. The summed E-state index contributed by atoms with van der Waals surface area (Å²) in [7, 11) is 3.86. The maximum absolute atomic E-state index is 13.7. The number of hydrogen-bond donors (Lipinski definition) is 1. The maximum atomic E-state index is 13.7. The molecule has 8 nitrogen and oxygen atoms in total. The van der Waals surface area contributed by atoms with Crippen LogP contribution >= 0.6 is 11.6 Å². The van der Waals surface area contributed by atoms with E-state index in [4.69, 9.17) is 11.6 Å². The van der Waals surface area contributed by atoms with Crippen LogP contribution in [0, 0.1) is 0 Å². The van der Waals surface area contributed by atoms with Crippen molar-refractivity contribution in [3.63, 3.8) is 0 Å². The largest absolute Gasteiger partial charge is 0.378 e. The van der Waals surface area contributed by atoms with Crippen molar-refractivity contribution in [3.05, 3.63) is 88.9 Å². The lowest BCUT2D eigenvalue weighted by Crippen LogP contribution is -2.50. The molecule has 1 aliphatic rings. The third-order valence-electron chi connectivity index (χ3n) is 6.48. The first kappa shape index (κ1) is 26.9. The van der Waals surface area contributed by atoms with Crippen LogP contribution in [-0.2, 0) is 20.9 Å². The van der Waals surface area contributed by atoms with Crippen molar-refractivity contribution < 1.29 is 19.2 Å². The third kappa shape index (κ3) is 5.70. The Balaban J connectivity index is 1.60. The van der Waals surface area contributed by atoms with Crippen LogP contribution in [0.25, 0.3) is 0 Å². The molecular formula is C29H29ClN4O4. The molecule has 4 rings (SSSR count). The van der Waals surface area contributed by atoms with Gasteiger partial charge in [-0.3, -0.25) is 24.1 Å². The van der Waals surface area contributed by atoms with Crippen molar-refractivity contribution in [3.8, 4) is 0 Å². The van der Waals surface area contributed by atoms with Crippen LogP contribution in [0.1, 0.15) is 29.3 Å². The number of benzene rings is 3. The monoisotopic (exact) mass is 532 g/mol. The van der Waals surface area contributed by atoms with E-state index in [1.807, 2.05) is 38.1 Å². The highest BCUT2D eigenvalue weighted by atomic mass is 35.5. The van der Waals surface area contributed by atoms with E-state index in [2.05, 4.69) is 5.32 Å². The Morgan fingerprint density at radius 1 is 0.947 bits per heavy atom. The summed E-state index contributed by atoms with van der Waals surface area (Å²) >= 11 is 6.04. The van der Waals surface area contributed by atoms with E-state index >= 15 is 0 Å². The van der Waals surface area contributed by atoms with Gasteiger partial charge in [-0.2, -0.15) is 0 Å². The minimum absolute atomic E-state index is 0.124. The Bertz CT molecular complexity index is 1360. The number of ketones is 1. The number of Topliss-reactive ketones (excluding diaryl/α,β-unsaturated/α-hetero) is 1. The van der Waals surface area contributed by atoms with Gasteiger partial charge in [0, 0.05) is 37.0 Å². The molecule has 3 amide bonds. The number of carbonyl (C=O) groups is 4. The summed E-state index contributed by atoms with van der Waals surface area (Å²) in [5.74, 6) is -2.22. The standard InChI is InChI=1S/C29H29ClN4O4/c1-4-24(28(37)31-21-13-15-22(16-14-21)32(2)3)33(17-19-9-11-20(30)12-10-19)26(35)18-34-25-8-6-5-7-23(25)27(36)29(34)38/h5-16,24H,4,17-18H2,1-3H3,(H,31,37). The number of nitrogens with zero attached hydrogens (tertiary/aromatic N) is 3. The number of anilines is 3. The second-order valence-electron chi connectivity index (χ2n) is 9.24. The number of rotatable bonds is 9. The molecule has 0 aliphatic carbocycles. The summed E-state index contributed by atoms with van der Waals surface area (Å²) in [6.45, 7) is 1.58. The third-order valence-corrected chi connectivity index (χ3v) is 6.73. The molecule has 1 unspecified atom stereocenters. The van der Waals surface area contributed by atoms with Crippen LogP contribution in [0.2, 0.25) is 5.02 Å². The molecule has 0 saturated heterocycles. The van der Waals surface area contributed by atoms with E-state index in [1.165, 1.54) is 9.80 Å². The fraction of sp³-hybridized carbons (Fsp3) is 0.241. The number of para-hydroxylation sites is 1. The van der Waals surface area contributed by atoms with E-state index in [-0.39, 0.29) is 24.6 Å². The topological polar surface area (TPSA) is 90.0 Å². The Morgan fingerprint density at radius 2 is 1.61 bits per heavy atom. The second-order valence-corrected chi connectivity index (χ2v) is 9.68. The average molecular weight is 533 g/mol. The molecule has 0 aromatic heterocycles. The lowest BCUT2D eigenvalue weighted by molar-refractivity contribution is -0.138. The van der Waals surface area contributed by atoms with Gasteiger partial charge in [0.1, 0.15) is 12.6 Å². The smallest absolute Gasteiger partial charge is 0.299 e. The van der Waals surface area contributed by atoms with E-state index in [0.717, 1.165) is 11.3 Å². The summed E-state index contributed by atoms with van der Waals surface area (Å²) < 4.78 is 0. The van der Waals surface area contributed by atoms with Gasteiger partial charge >= 0.3 is 0 Å². The maximum Gasteiger partial charge on any atom is 0.299 e. The first-order valence-corrected chi connectivity index (χ1v) is 12.6. The minimum atomic E-state index is -0.824. The summed E-state index contributed by atoms with van der Waals surface area (Å²) in [4.78, 5) is 56.9. The Labute approximate surface area is 226 Å². The van der Waals surface area contributed by atoms with Gasteiger partial charge in [0.2, 0.25) is 11.8 Å². The molecule has 1 aliphatic heterocycles. The van der Waals surface area contributed by atoms with Gasteiger partial charge in [-0.15, -0.1) is 0 Å². The molecule has 3 aromatic carbocycles. The van der Waals surface area contributed by atoms with E-state index in [0.29, 0.717) is 22.8 Å². The Hall–Kier alpha value is -4.17. The molecule has 3 aromatic rings. The van der Waals surface area contributed by atoms with Crippen molar-refractivity contribution >= 4 is 52.2 Å². The lowest BCUT2D eigenvalue weighted by Gasteiger charge is -2.32. The minimum Gasteiger partial charge on any atom is -0.378 e. The van der Waals surface area contributed by atoms with E-state index in [9.17, 15) is 19.2 Å². The summed E-state index contributed by atoms with van der Waals surface area (Å²) in [5, 5.41) is 3.46. The molecule has 1 atom stereocenters. The first-order chi connectivity index (χ1) is 18.2. The summed E-state index contributed by atoms with van der Waals surface area (Å²) in [5.41, 5.74) is 3.02. The molecule has 0 fully saturated rings. The highest BCUT2D eigenvalue weighted by Crippen LogP contribution is 2.29. The molecule has 38 heavy (non-hydrogen) atoms. The van der Waals surface area contributed by atoms with Crippen molar-refractivity contribution in [1.29, 1.82) is 0 Å². The molecule has 0 spiro atoms. The first-order valence-electron chi connectivity index (χ1n) is 12.3. The van der Waals surface area contributed by atoms with Crippen LogP contribution in [-0.4, -0.2) is 55.1 Å². The van der Waals surface area contributed by atoms with Crippen LogP contribution < -0.4 is 15.1 Å². The predicted octanol–water partition coefficient (Wildman–Crippen LogP) is 4.38. The van der Waals surface area contributed by atoms with Crippen molar-refractivity contribution in [2.24, 2.45) is 0 Å². The van der Waals surface area contributed by atoms with E-state index in [1.54, 1.807) is 60.7 Å². The number of nitrogens with one attached hydrogen (secondary N) is 1. The molecule has 196 valence electrons. The number of hydrogen-bond acceptors (Lipinski definition) is 5. The van der Waals surface area contributed by atoms with Crippen molar-refractivity contribution in [2.45, 2.75) is 25.9 Å². The number of carbonyl (C=O) groups excluding carboxylic acids is 4. The molecule has 1 N–H and O–H groups in total. The van der Waals surface area contributed by atoms with E-state index < -0.39 is 23.6 Å². The Morgan fingerprint density at radius 3 is 2.24 bits per heavy atom. The van der Waals surface area contributed by atoms with Gasteiger partial charge in [0.25, 0.3) is 11.7 Å². The van der Waals surface area contributed by atoms with Gasteiger partial charge < -0.3 is 15.1 Å². The number of amides is 3. The van der Waals surface area contributed by atoms with Crippen LogP contribution in [0.4, 0.5) is 17.1 Å². The fourth-order valence-electron chi connectivity index (χ4n) is 4.41. The number of fused-ring (bicyclic) bond motifs is 1. The van der Waals surface area contributed by atoms with Gasteiger partial charge in [-0.05, 0) is 60.5 Å². The highest BCUT2D eigenvalue weighted by molar-refractivity contribution is 6.52. The molecule has 0 radical (unpaired) electrons. The summed E-state index contributed by atoms with van der Waals surface area (Å²) in [6.07, 6.45) is 0.338. The normalized spacial score (nSPS) is 13.2. The Kier molecular flexibility index (Phi) is 8.12. The average Bonchev–Trinajstić information content (AvgIpc) is 3.14. The quantitative estimate of drug-likeness (QED) is 0.413. The van der Waals surface area contributed by atoms with Crippen molar-refractivity contribution in [2.75, 3.05) is 35.8 Å². The fourth-order valence-corrected chi connectivity index (χ4v) is 4.53. The molecule has 9 heteroatoms. The zero-order chi connectivity index (χ0) is 27.4. The predicted molar refractivity (Wildman–Crippen MR) is 149 cm³/mol. The second kappa shape index (κ2) is 11.5. The summed E-state index contributed by atoms with van der Waals surface area (Å²) in [6, 6.07) is 20.1. The van der Waals surface area contributed by atoms with Crippen LogP contribution in [0.15, 0.2) is 72.8 Å². The van der Waals surface area contributed by atoms with Gasteiger partial charge in [-0.25, -0.2) is 0 Å². The SMILES string of the molecule is CCC(C(=O)Nc1ccc(N(C)C)cc1)N(Cc1ccc(Cl)cc1)C(=O)CN1C(=O)C(=O)c2ccccc21. The van der Waals surface area contributed by atoms with Crippen molar-refractivity contribution in [1.82, 2.24) is 4.90 Å². The molecular weight excluding hydrogens is 504 g/mol. The van der Waals surface area contributed by atoms with Gasteiger partial charge in [-0.1, -0.05) is 42.8 Å². The van der Waals surface area contributed by atoms with Gasteiger partial charge in [0.05, 0.1) is 11.3 Å². The van der Waals surface area contributed by atoms with Gasteiger partial charge in [0.15, 0.2) is 0 Å². The molecule has 0 saturated carbocycles. The molecule has 1 heterocycles. The number of halogens is 1. The zero-order valence-electron chi connectivity index (χ0n) is 21.5. The molecule has 0 bridgehead atoms. The highest BCUT2D eigenvalue weighted by Gasteiger charge is 2.38. The van der Waals surface area contributed by atoms with Crippen LogP contribution in [0.5, 0.6) is 0 Å². The lowest BCUT2D eigenvalue weighted by atomic mass is 10.1.